The lowest BCUT2D eigenvalue weighted by atomic mass is 10.2. The highest BCUT2D eigenvalue weighted by Crippen LogP contribution is 2.07. The second kappa shape index (κ2) is 3.76. The summed E-state index contributed by atoms with van der Waals surface area (Å²) >= 11 is 0. The van der Waals surface area contributed by atoms with Gasteiger partial charge in [0.15, 0.2) is 0 Å². The number of furan rings is 1. The van der Waals surface area contributed by atoms with E-state index >= 15 is 0 Å². The van der Waals surface area contributed by atoms with Gasteiger partial charge in [0, 0.05) is 5.57 Å². The minimum absolute atomic E-state index is 0.341. The van der Waals surface area contributed by atoms with Crippen molar-refractivity contribution in [3.05, 3.63) is 29.7 Å². The maximum atomic E-state index is 10.9. The third-order valence-corrected chi connectivity index (χ3v) is 1.41. The molecule has 1 aromatic heterocycles. The zero-order valence-electron chi connectivity index (χ0n) is 7.03. The van der Waals surface area contributed by atoms with Crippen molar-refractivity contribution in [2.45, 2.75) is 6.92 Å². The van der Waals surface area contributed by atoms with Crippen LogP contribution in [0.3, 0.4) is 0 Å². The summed E-state index contributed by atoms with van der Waals surface area (Å²) in [7, 11) is 1.35. The van der Waals surface area contributed by atoms with Crippen LogP contribution in [0.1, 0.15) is 12.7 Å². The van der Waals surface area contributed by atoms with E-state index in [9.17, 15) is 4.79 Å². The first-order chi connectivity index (χ1) is 5.74. The Kier molecular flexibility index (Phi) is 2.69. The molecule has 0 unspecified atom stereocenters. The molecule has 0 N–H and O–H groups in total. The zero-order chi connectivity index (χ0) is 8.97. The second-order valence-electron chi connectivity index (χ2n) is 2.33. The van der Waals surface area contributed by atoms with Gasteiger partial charge in [0.05, 0.1) is 13.4 Å². The van der Waals surface area contributed by atoms with E-state index in [0.717, 1.165) is 0 Å². The van der Waals surface area contributed by atoms with Gasteiger partial charge in [-0.15, -0.1) is 0 Å². The van der Waals surface area contributed by atoms with Gasteiger partial charge in [-0.25, -0.2) is 4.79 Å². The van der Waals surface area contributed by atoms with Crippen LogP contribution in [0.4, 0.5) is 0 Å². The van der Waals surface area contributed by atoms with Crippen LogP contribution in [0.5, 0.6) is 0 Å². The third kappa shape index (κ3) is 1.99. The average molecular weight is 166 g/mol. The number of rotatable bonds is 2. The minimum Gasteiger partial charge on any atom is -0.466 e. The van der Waals surface area contributed by atoms with Crippen molar-refractivity contribution in [3.63, 3.8) is 0 Å². The fourth-order valence-electron chi connectivity index (χ4n) is 0.807. The Bertz CT molecular complexity index is 283. The van der Waals surface area contributed by atoms with Gasteiger partial charge >= 0.3 is 5.97 Å². The average Bonchev–Trinajstić information content (AvgIpc) is 2.55. The van der Waals surface area contributed by atoms with Crippen molar-refractivity contribution < 1.29 is 13.9 Å². The topological polar surface area (TPSA) is 39.4 Å². The molecule has 0 aliphatic heterocycles. The molecule has 0 atom stereocenters. The first-order valence-electron chi connectivity index (χ1n) is 3.54. The van der Waals surface area contributed by atoms with Crippen LogP contribution in [-0.2, 0) is 9.53 Å². The molecular weight excluding hydrogens is 156 g/mol. The molecule has 0 radical (unpaired) electrons. The molecule has 0 bridgehead atoms. The summed E-state index contributed by atoms with van der Waals surface area (Å²) in [6, 6.07) is 3.53. The van der Waals surface area contributed by atoms with Crippen LogP contribution in [0.25, 0.3) is 6.08 Å². The maximum Gasteiger partial charge on any atom is 0.333 e. The maximum absolute atomic E-state index is 10.9. The summed E-state index contributed by atoms with van der Waals surface area (Å²) < 4.78 is 9.53. The highest BCUT2D eigenvalue weighted by Gasteiger charge is 2.03. The first kappa shape index (κ1) is 8.59. The number of hydrogen-bond donors (Lipinski definition) is 0. The van der Waals surface area contributed by atoms with Crippen LogP contribution in [0, 0.1) is 0 Å². The number of ether oxygens (including phenoxy) is 1. The highest BCUT2D eigenvalue weighted by molar-refractivity contribution is 5.92. The molecule has 0 fully saturated rings. The Morgan fingerprint density at radius 1 is 1.67 bits per heavy atom. The number of carbonyl (C=O) groups is 1. The van der Waals surface area contributed by atoms with Crippen molar-refractivity contribution in [3.8, 4) is 0 Å². The van der Waals surface area contributed by atoms with Gasteiger partial charge < -0.3 is 9.15 Å². The van der Waals surface area contributed by atoms with Crippen LogP contribution < -0.4 is 0 Å². The van der Waals surface area contributed by atoms with Crippen molar-refractivity contribution in [1.82, 2.24) is 0 Å². The lowest BCUT2D eigenvalue weighted by Crippen LogP contribution is -2.00. The Hall–Kier alpha value is -1.51. The standard InChI is InChI=1S/C9H10O3/c1-7(9(10)11-2)6-8-4-3-5-12-8/h3-6H,1-2H3/b7-6-. The second-order valence-corrected chi connectivity index (χ2v) is 2.33. The number of carbonyl (C=O) groups excluding carboxylic acids is 1. The minimum atomic E-state index is -0.341. The molecule has 0 amide bonds. The Morgan fingerprint density at radius 3 is 2.92 bits per heavy atom. The van der Waals surface area contributed by atoms with E-state index in [1.807, 2.05) is 0 Å². The predicted molar refractivity (Wildman–Crippen MR) is 44.4 cm³/mol. The molecule has 12 heavy (non-hydrogen) atoms. The van der Waals surface area contributed by atoms with Gasteiger partial charge in [0.2, 0.25) is 0 Å². The summed E-state index contributed by atoms with van der Waals surface area (Å²) in [6.07, 6.45) is 3.18. The number of methoxy groups -OCH3 is 1. The molecule has 0 aliphatic carbocycles. The molecule has 1 aromatic rings. The summed E-state index contributed by atoms with van der Waals surface area (Å²) in [5.41, 5.74) is 0.521. The lowest BCUT2D eigenvalue weighted by Gasteiger charge is -1.95. The van der Waals surface area contributed by atoms with E-state index in [2.05, 4.69) is 4.74 Å². The van der Waals surface area contributed by atoms with Crippen LogP contribution in [0.2, 0.25) is 0 Å². The molecule has 0 saturated heterocycles. The van der Waals surface area contributed by atoms with Gasteiger partial charge in [-0.3, -0.25) is 0 Å². The van der Waals surface area contributed by atoms with Crippen molar-refractivity contribution >= 4 is 12.0 Å². The lowest BCUT2D eigenvalue weighted by molar-refractivity contribution is -0.135. The van der Waals surface area contributed by atoms with Crippen LogP contribution in [0.15, 0.2) is 28.4 Å². The van der Waals surface area contributed by atoms with E-state index in [4.69, 9.17) is 4.42 Å². The fourth-order valence-corrected chi connectivity index (χ4v) is 0.807. The van der Waals surface area contributed by atoms with Gasteiger partial charge in [-0.05, 0) is 25.1 Å². The van der Waals surface area contributed by atoms with E-state index in [1.54, 1.807) is 31.4 Å². The summed E-state index contributed by atoms with van der Waals surface area (Å²) in [4.78, 5) is 10.9. The van der Waals surface area contributed by atoms with Crippen LogP contribution >= 0.6 is 0 Å². The highest BCUT2D eigenvalue weighted by atomic mass is 16.5. The Labute approximate surface area is 70.6 Å². The normalized spacial score (nSPS) is 11.3. The van der Waals surface area contributed by atoms with Gasteiger partial charge in [0.1, 0.15) is 5.76 Å². The van der Waals surface area contributed by atoms with Crippen molar-refractivity contribution in [2.75, 3.05) is 7.11 Å². The molecule has 3 nitrogen and oxygen atoms in total. The first-order valence-corrected chi connectivity index (χ1v) is 3.54. The molecule has 0 aliphatic rings. The molecule has 64 valence electrons. The van der Waals surface area contributed by atoms with Gasteiger partial charge in [-0.1, -0.05) is 0 Å². The summed E-state index contributed by atoms with van der Waals surface area (Å²) in [5.74, 6) is 0.310. The van der Waals surface area contributed by atoms with E-state index in [-0.39, 0.29) is 5.97 Å². The number of hydrogen-bond acceptors (Lipinski definition) is 3. The van der Waals surface area contributed by atoms with E-state index in [0.29, 0.717) is 11.3 Å². The molecule has 0 aromatic carbocycles. The van der Waals surface area contributed by atoms with Crippen LogP contribution in [-0.4, -0.2) is 13.1 Å². The molecule has 0 saturated carbocycles. The molecule has 1 rings (SSSR count). The Morgan fingerprint density at radius 2 is 2.42 bits per heavy atom. The predicted octanol–water partition coefficient (Wildman–Crippen LogP) is 1.86. The third-order valence-electron chi connectivity index (χ3n) is 1.41. The SMILES string of the molecule is COC(=O)/C(C)=C\c1ccco1. The smallest absolute Gasteiger partial charge is 0.333 e. The summed E-state index contributed by atoms with van der Waals surface area (Å²) in [6.45, 7) is 1.67. The van der Waals surface area contributed by atoms with E-state index in [1.165, 1.54) is 7.11 Å². The molecule has 0 spiro atoms. The number of esters is 1. The van der Waals surface area contributed by atoms with Gasteiger partial charge in [-0.2, -0.15) is 0 Å². The quantitative estimate of drug-likeness (QED) is 0.497. The molecular formula is C9H10O3. The molecule has 3 heteroatoms. The zero-order valence-corrected chi connectivity index (χ0v) is 7.03. The van der Waals surface area contributed by atoms with Crippen molar-refractivity contribution in [2.24, 2.45) is 0 Å². The fraction of sp³-hybridized carbons (Fsp3) is 0.222. The summed E-state index contributed by atoms with van der Waals surface area (Å²) in [5, 5.41) is 0. The largest absolute Gasteiger partial charge is 0.466 e. The Balaban J connectivity index is 2.76. The molecule has 1 heterocycles. The van der Waals surface area contributed by atoms with Gasteiger partial charge in [0.25, 0.3) is 0 Å². The monoisotopic (exact) mass is 166 g/mol. The van der Waals surface area contributed by atoms with E-state index < -0.39 is 0 Å². The van der Waals surface area contributed by atoms with Crippen molar-refractivity contribution in [1.29, 1.82) is 0 Å².